The first-order valence-electron chi connectivity index (χ1n) is 9.81. The Bertz CT molecular complexity index is 1160. The number of aryl methyl sites for hydroxylation is 2. The second-order valence-electron chi connectivity index (χ2n) is 7.39. The minimum atomic E-state index is -0.571. The van der Waals surface area contributed by atoms with Gasteiger partial charge in [-0.15, -0.1) is 0 Å². The summed E-state index contributed by atoms with van der Waals surface area (Å²) in [4.78, 5) is 39.4. The maximum Gasteiger partial charge on any atom is 0.347 e. The molecule has 0 fully saturated rings. The fourth-order valence-electron chi connectivity index (χ4n) is 3.69. The molecule has 0 radical (unpaired) electrons. The number of amides is 2. The van der Waals surface area contributed by atoms with Crippen molar-refractivity contribution in [1.82, 2.24) is 4.90 Å². The zero-order chi connectivity index (χ0) is 22.1. The second-order valence-corrected chi connectivity index (χ2v) is 7.39. The van der Waals surface area contributed by atoms with Crippen molar-refractivity contribution in [3.8, 4) is 11.5 Å². The molecular weight excluding hydrogens is 394 g/mol. The van der Waals surface area contributed by atoms with Crippen LogP contribution in [-0.2, 0) is 6.54 Å². The summed E-state index contributed by atoms with van der Waals surface area (Å²) in [6, 6.07) is 17.3. The number of benzene rings is 3. The summed E-state index contributed by atoms with van der Waals surface area (Å²) in [5.74, 6) is -0.423. The van der Waals surface area contributed by atoms with Crippen LogP contribution in [0, 0.1) is 13.8 Å². The highest BCUT2D eigenvalue weighted by molar-refractivity contribution is 6.21. The van der Waals surface area contributed by atoms with Gasteiger partial charge in [0.1, 0.15) is 17.1 Å². The molecule has 4 rings (SSSR count). The standard InChI is InChI=1S/C25H21NO5/c1-15-7-6-8-16(2)22(15)31-25(29)20-13-17(11-12-21(20)30-3)14-26-23(27)18-9-4-5-10-19(18)24(26)28/h4-13H,14H2,1-3H3. The Morgan fingerprint density at radius 2 is 1.48 bits per heavy atom. The van der Waals surface area contributed by atoms with Gasteiger partial charge >= 0.3 is 5.97 Å². The molecule has 1 aliphatic rings. The molecule has 0 bridgehead atoms. The lowest BCUT2D eigenvalue weighted by molar-refractivity contribution is 0.0642. The average molecular weight is 415 g/mol. The predicted octanol–water partition coefficient (Wildman–Crippen LogP) is 4.33. The van der Waals surface area contributed by atoms with Crippen molar-refractivity contribution in [1.29, 1.82) is 0 Å². The van der Waals surface area contributed by atoms with Crippen molar-refractivity contribution in [2.75, 3.05) is 7.11 Å². The molecule has 1 heterocycles. The quantitative estimate of drug-likeness (QED) is 0.352. The van der Waals surface area contributed by atoms with Crippen molar-refractivity contribution < 1.29 is 23.9 Å². The highest BCUT2D eigenvalue weighted by atomic mass is 16.5. The van der Waals surface area contributed by atoms with Crippen molar-refractivity contribution >= 4 is 17.8 Å². The number of esters is 1. The van der Waals surface area contributed by atoms with E-state index in [9.17, 15) is 14.4 Å². The zero-order valence-electron chi connectivity index (χ0n) is 17.5. The van der Waals surface area contributed by atoms with E-state index in [1.165, 1.54) is 12.0 Å². The van der Waals surface area contributed by atoms with E-state index < -0.39 is 5.97 Å². The first kappa shape index (κ1) is 20.3. The van der Waals surface area contributed by atoms with Crippen molar-refractivity contribution in [2.45, 2.75) is 20.4 Å². The summed E-state index contributed by atoms with van der Waals surface area (Å²) in [6.45, 7) is 3.77. The summed E-state index contributed by atoms with van der Waals surface area (Å²) in [5.41, 5.74) is 3.29. The Morgan fingerprint density at radius 1 is 0.871 bits per heavy atom. The third kappa shape index (κ3) is 3.68. The van der Waals surface area contributed by atoms with Gasteiger partial charge in [0.15, 0.2) is 0 Å². The van der Waals surface area contributed by atoms with Crippen LogP contribution < -0.4 is 9.47 Å². The molecule has 6 heteroatoms. The number of methoxy groups -OCH3 is 1. The minimum absolute atomic E-state index is 0.0417. The molecule has 156 valence electrons. The number of fused-ring (bicyclic) bond motifs is 1. The van der Waals surface area contributed by atoms with Crippen molar-refractivity contribution in [3.05, 3.63) is 94.0 Å². The topological polar surface area (TPSA) is 72.9 Å². The van der Waals surface area contributed by atoms with E-state index in [1.54, 1.807) is 42.5 Å². The highest BCUT2D eigenvalue weighted by Crippen LogP contribution is 2.28. The monoisotopic (exact) mass is 415 g/mol. The normalized spacial score (nSPS) is 12.7. The molecule has 0 spiro atoms. The van der Waals surface area contributed by atoms with E-state index >= 15 is 0 Å². The van der Waals surface area contributed by atoms with Gasteiger partial charge in [-0.2, -0.15) is 0 Å². The summed E-state index contributed by atoms with van der Waals surface area (Å²) in [5, 5.41) is 0. The first-order valence-corrected chi connectivity index (χ1v) is 9.81. The minimum Gasteiger partial charge on any atom is -0.496 e. The molecule has 3 aromatic carbocycles. The molecule has 0 aromatic heterocycles. The van der Waals surface area contributed by atoms with Gasteiger partial charge in [0.05, 0.1) is 24.8 Å². The number of carbonyl (C=O) groups is 3. The number of hydrogen-bond donors (Lipinski definition) is 0. The third-order valence-electron chi connectivity index (χ3n) is 5.31. The molecule has 0 unspecified atom stereocenters. The number of para-hydroxylation sites is 1. The Morgan fingerprint density at radius 3 is 2.06 bits per heavy atom. The van der Waals surface area contributed by atoms with Crippen LogP contribution in [0.2, 0.25) is 0 Å². The van der Waals surface area contributed by atoms with Gasteiger partial charge < -0.3 is 9.47 Å². The van der Waals surface area contributed by atoms with Crippen LogP contribution in [0.15, 0.2) is 60.7 Å². The fourth-order valence-corrected chi connectivity index (χ4v) is 3.69. The number of ether oxygens (including phenoxy) is 2. The molecule has 0 saturated carbocycles. The molecule has 0 atom stereocenters. The SMILES string of the molecule is COc1ccc(CN2C(=O)c3ccccc3C2=O)cc1C(=O)Oc1c(C)cccc1C. The largest absolute Gasteiger partial charge is 0.496 e. The maximum atomic E-state index is 12.9. The molecule has 3 aromatic rings. The van der Waals surface area contributed by atoms with E-state index in [4.69, 9.17) is 9.47 Å². The Labute approximate surface area is 180 Å². The van der Waals surface area contributed by atoms with Crippen LogP contribution in [-0.4, -0.2) is 29.8 Å². The van der Waals surface area contributed by atoms with Gasteiger partial charge in [-0.25, -0.2) is 4.79 Å². The first-order chi connectivity index (χ1) is 14.9. The summed E-state index contributed by atoms with van der Waals surface area (Å²) >= 11 is 0. The van der Waals surface area contributed by atoms with Crippen molar-refractivity contribution in [3.63, 3.8) is 0 Å². The van der Waals surface area contributed by atoms with Crippen LogP contribution in [0.3, 0.4) is 0 Å². The van der Waals surface area contributed by atoms with E-state index in [1.807, 2.05) is 32.0 Å². The molecular formula is C25H21NO5. The molecule has 0 saturated heterocycles. The lowest BCUT2D eigenvalue weighted by atomic mass is 10.1. The Kier molecular flexibility index (Phi) is 5.29. The van der Waals surface area contributed by atoms with E-state index in [2.05, 4.69) is 0 Å². The average Bonchev–Trinajstić information content (AvgIpc) is 3.01. The second kappa shape index (κ2) is 8.07. The highest BCUT2D eigenvalue weighted by Gasteiger charge is 2.35. The molecule has 31 heavy (non-hydrogen) atoms. The predicted molar refractivity (Wildman–Crippen MR) is 115 cm³/mol. The lowest BCUT2D eigenvalue weighted by Gasteiger charge is -2.16. The van der Waals surface area contributed by atoms with Crippen LogP contribution >= 0.6 is 0 Å². The molecule has 0 aliphatic carbocycles. The number of nitrogens with zero attached hydrogens (tertiary/aromatic N) is 1. The molecule has 0 N–H and O–H groups in total. The molecule has 1 aliphatic heterocycles. The van der Waals surface area contributed by atoms with Gasteiger partial charge in [0.2, 0.25) is 0 Å². The van der Waals surface area contributed by atoms with Gasteiger partial charge in [-0.3, -0.25) is 14.5 Å². The summed E-state index contributed by atoms with van der Waals surface area (Å²) < 4.78 is 11.0. The van der Waals surface area contributed by atoms with Crippen LogP contribution in [0.5, 0.6) is 11.5 Å². The number of imide groups is 1. The van der Waals surface area contributed by atoms with Gasteiger partial charge in [0, 0.05) is 0 Å². The van der Waals surface area contributed by atoms with Crippen LogP contribution in [0.1, 0.15) is 47.8 Å². The number of rotatable bonds is 5. The van der Waals surface area contributed by atoms with Gasteiger partial charge in [-0.1, -0.05) is 36.4 Å². The Balaban J connectivity index is 1.62. The van der Waals surface area contributed by atoms with Crippen LogP contribution in [0.25, 0.3) is 0 Å². The fraction of sp³-hybridized carbons (Fsp3) is 0.160. The van der Waals surface area contributed by atoms with E-state index in [0.717, 1.165) is 11.1 Å². The lowest BCUT2D eigenvalue weighted by Crippen LogP contribution is -2.29. The number of hydrogen-bond acceptors (Lipinski definition) is 5. The van der Waals surface area contributed by atoms with Gasteiger partial charge in [0.25, 0.3) is 11.8 Å². The summed E-state index contributed by atoms with van der Waals surface area (Å²) in [7, 11) is 1.47. The smallest absolute Gasteiger partial charge is 0.347 e. The summed E-state index contributed by atoms with van der Waals surface area (Å²) in [6.07, 6.45) is 0. The van der Waals surface area contributed by atoms with E-state index in [0.29, 0.717) is 28.2 Å². The Hall–Kier alpha value is -3.93. The molecule has 6 nitrogen and oxygen atoms in total. The molecule has 2 amide bonds. The number of carbonyl (C=O) groups excluding carboxylic acids is 3. The van der Waals surface area contributed by atoms with Crippen molar-refractivity contribution in [2.24, 2.45) is 0 Å². The van der Waals surface area contributed by atoms with E-state index in [-0.39, 0.29) is 23.9 Å². The zero-order valence-corrected chi connectivity index (χ0v) is 17.5. The van der Waals surface area contributed by atoms with Crippen LogP contribution in [0.4, 0.5) is 0 Å². The van der Waals surface area contributed by atoms with Gasteiger partial charge in [-0.05, 0) is 54.8 Å². The maximum absolute atomic E-state index is 12.9. The third-order valence-corrected chi connectivity index (χ3v) is 5.31.